The predicted octanol–water partition coefficient (Wildman–Crippen LogP) is 3.99. The Bertz CT molecular complexity index is 1160. The van der Waals surface area contributed by atoms with Crippen molar-refractivity contribution in [2.45, 2.75) is 57.0 Å². The van der Waals surface area contributed by atoms with Gasteiger partial charge < -0.3 is 35.0 Å². The summed E-state index contributed by atoms with van der Waals surface area (Å²) >= 11 is 0. The number of anilines is 4. The number of halogens is 1. The average molecular weight is 552 g/mol. The SMILES string of the molecule is CN1C=CC(N(C)c2nc(Nc3ccc(OCOP(=O)(O)O)c(F)c3)nc(NC3CCCCCC3)n2)CC1. The Labute approximate surface area is 221 Å². The number of rotatable bonds is 10. The molecule has 14 heteroatoms. The van der Waals surface area contributed by atoms with Crippen molar-refractivity contribution in [2.24, 2.45) is 0 Å². The molecule has 1 unspecified atom stereocenters. The van der Waals surface area contributed by atoms with Crippen LogP contribution in [0, 0.1) is 5.82 Å². The first-order valence-electron chi connectivity index (χ1n) is 12.7. The van der Waals surface area contributed by atoms with Gasteiger partial charge in [0.15, 0.2) is 11.6 Å². The molecule has 1 aliphatic carbocycles. The van der Waals surface area contributed by atoms with E-state index in [1.807, 2.05) is 25.2 Å². The number of hydrogen-bond donors (Lipinski definition) is 4. The molecule has 4 rings (SSSR count). The summed E-state index contributed by atoms with van der Waals surface area (Å²) in [6, 6.07) is 4.44. The number of phosphoric ester groups is 1. The van der Waals surface area contributed by atoms with Crippen LogP contribution < -0.4 is 20.3 Å². The van der Waals surface area contributed by atoms with Gasteiger partial charge in [-0.25, -0.2) is 13.5 Å². The van der Waals surface area contributed by atoms with Crippen molar-refractivity contribution < 1.29 is 28.0 Å². The zero-order chi connectivity index (χ0) is 27.1. The van der Waals surface area contributed by atoms with E-state index < -0.39 is 20.4 Å². The van der Waals surface area contributed by atoms with Gasteiger partial charge in [-0.3, -0.25) is 0 Å². The fourth-order valence-corrected chi connectivity index (χ4v) is 4.65. The van der Waals surface area contributed by atoms with E-state index in [2.05, 4.69) is 36.1 Å². The third-order valence-corrected chi connectivity index (χ3v) is 7.03. The minimum Gasteiger partial charge on any atom is -0.464 e. The molecule has 0 amide bonds. The lowest BCUT2D eigenvalue weighted by molar-refractivity contribution is 0.0798. The number of nitrogens with one attached hydrogen (secondary N) is 2. The van der Waals surface area contributed by atoms with Gasteiger partial charge in [-0.1, -0.05) is 25.7 Å². The van der Waals surface area contributed by atoms with Crippen molar-refractivity contribution in [3.05, 3.63) is 36.3 Å². The zero-order valence-corrected chi connectivity index (χ0v) is 22.5. The van der Waals surface area contributed by atoms with Crippen LogP contribution in [0.3, 0.4) is 0 Å². The van der Waals surface area contributed by atoms with Crippen LogP contribution in [0.5, 0.6) is 5.75 Å². The van der Waals surface area contributed by atoms with Crippen LogP contribution in [0.4, 0.5) is 27.9 Å². The molecule has 1 saturated carbocycles. The Balaban J connectivity index is 1.53. The fraction of sp³-hybridized carbons (Fsp3) is 0.542. The van der Waals surface area contributed by atoms with Gasteiger partial charge in [-0.05, 0) is 43.7 Å². The first-order valence-corrected chi connectivity index (χ1v) is 14.2. The van der Waals surface area contributed by atoms with E-state index in [9.17, 15) is 8.96 Å². The maximum Gasteiger partial charge on any atom is 0.472 e. The van der Waals surface area contributed by atoms with Crippen molar-refractivity contribution in [1.29, 1.82) is 0 Å². The zero-order valence-electron chi connectivity index (χ0n) is 21.6. The lowest BCUT2D eigenvalue weighted by Crippen LogP contribution is -2.37. The summed E-state index contributed by atoms with van der Waals surface area (Å²) in [5.41, 5.74) is 0.366. The molecule has 1 fully saturated rings. The lowest BCUT2D eigenvalue weighted by Gasteiger charge is -2.31. The monoisotopic (exact) mass is 551 g/mol. The molecule has 2 heterocycles. The highest BCUT2D eigenvalue weighted by atomic mass is 31.2. The number of nitrogens with zero attached hydrogens (tertiary/aromatic N) is 5. The summed E-state index contributed by atoms with van der Waals surface area (Å²) in [6.45, 7) is 0.126. The second kappa shape index (κ2) is 12.7. The molecule has 1 atom stereocenters. The number of benzene rings is 1. The second-order valence-corrected chi connectivity index (χ2v) is 10.8. The molecule has 0 bridgehead atoms. The van der Waals surface area contributed by atoms with Crippen molar-refractivity contribution >= 4 is 31.4 Å². The quantitative estimate of drug-likeness (QED) is 0.192. The molecule has 208 valence electrons. The molecule has 1 aromatic carbocycles. The topological polar surface area (TPSA) is 145 Å². The van der Waals surface area contributed by atoms with Gasteiger partial charge in [0.1, 0.15) is 0 Å². The molecule has 0 radical (unpaired) electrons. The molecular weight excluding hydrogens is 516 g/mol. The Morgan fingerprint density at radius 3 is 2.53 bits per heavy atom. The summed E-state index contributed by atoms with van der Waals surface area (Å²) in [5.74, 6) is 0.248. The third-order valence-electron chi connectivity index (χ3n) is 6.59. The number of ether oxygens (including phenoxy) is 1. The molecule has 2 aromatic rings. The Kier molecular flexibility index (Phi) is 9.37. The highest BCUT2D eigenvalue weighted by molar-refractivity contribution is 7.46. The number of phosphoric acid groups is 1. The molecule has 38 heavy (non-hydrogen) atoms. The second-order valence-electron chi connectivity index (χ2n) is 9.56. The van der Waals surface area contributed by atoms with Crippen molar-refractivity contribution in [3.8, 4) is 5.75 Å². The highest BCUT2D eigenvalue weighted by Gasteiger charge is 2.22. The molecular formula is C24H35FN7O5P. The lowest BCUT2D eigenvalue weighted by atomic mass is 10.1. The normalized spacial score (nSPS) is 18.7. The smallest absolute Gasteiger partial charge is 0.464 e. The Morgan fingerprint density at radius 2 is 1.87 bits per heavy atom. The van der Waals surface area contributed by atoms with E-state index >= 15 is 0 Å². The minimum absolute atomic E-state index is 0.122. The fourth-order valence-electron chi connectivity index (χ4n) is 4.46. The van der Waals surface area contributed by atoms with Crippen LogP contribution in [0.25, 0.3) is 0 Å². The van der Waals surface area contributed by atoms with Gasteiger partial charge in [-0.15, -0.1) is 0 Å². The largest absolute Gasteiger partial charge is 0.472 e. The number of aromatic nitrogens is 3. The predicted molar refractivity (Wildman–Crippen MR) is 142 cm³/mol. The molecule has 4 N–H and O–H groups in total. The summed E-state index contributed by atoms with van der Waals surface area (Å²) in [4.78, 5) is 35.5. The van der Waals surface area contributed by atoms with Gasteiger partial charge in [0.25, 0.3) is 0 Å². The maximum absolute atomic E-state index is 14.6. The summed E-state index contributed by atoms with van der Waals surface area (Å²) < 4.78 is 34.5. The summed E-state index contributed by atoms with van der Waals surface area (Å²) in [5, 5.41) is 6.52. The van der Waals surface area contributed by atoms with E-state index in [4.69, 9.17) is 19.5 Å². The molecule has 2 aliphatic rings. The molecule has 0 spiro atoms. The van der Waals surface area contributed by atoms with Crippen LogP contribution in [0.15, 0.2) is 30.5 Å². The van der Waals surface area contributed by atoms with E-state index in [0.29, 0.717) is 17.6 Å². The minimum atomic E-state index is -4.72. The van der Waals surface area contributed by atoms with Gasteiger partial charge in [0.05, 0.1) is 6.04 Å². The number of likely N-dealkylation sites (N-methyl/N-ethyl adjacent to an activating group) is 1. The molecule has 0 saturated heterocycles. The summed E-state index contributed by atoms with van der Waals surface area (Å²) in [7, 11) is -0.740. The number of hydrogen-bond acceptors (Lipinski definition) is 10. The maximum atomic E-state index is 14.6. The summed E-state index contributed by atoms with van der Waals surface area (Å²) in [6.07, 6.45) is 12.0. The highest BCUT2D eigenvalue weighted by Crippen LogP contribution is 2.36. The first kappa shape index (κ1) is 28.0. The van der Waals surface area contributed by atoms with Crippen molar-refractivity contribution in [3.63, 3.8) is 0 Å². The van der Waals surface area contributed by atoms with Gasteiger partial charge in [-0.2, -0.15) is 15.0 Å². The van der Waals surface area contributed by atoms with E-state index in [-0.39, 0.29) is 23.8 Å². The van der Waals surface area contributed by atoms with Crippen molar-refractivity contribution in [2.75, 3.05) is 43.0 Å². The van der Waals surface area contributed by atoms with Crippen molar-refractivity contribution in [1.82, 2.24) is 19.9 Å². The van der Waals surface area contributed by atoms with Crippen LogP contribution in [-0.2, 0) is 9.09 Å². The molecule has 1 aliphatic heterocycles. The molecule has 12 nitrogen and oxygen atoms in total. The van der Waals surface area contributed by atoms with Gasteiger partial charge in [0, 0.05) is 38.4 Å². The van der Waals surface area contributed by atoms with Gasteiger partial charge >= 0.3 is 7.82 Å². The molecule has 1 aromatic heterocycles. The first-order chi connectivity index (χ1) is 18.2. The van der Waals surface area contributed by atoms with E-state index in [1.165, 1.54) is 25.0 Å². The Morgan fingerprint density at radius 1 is 1.13 bits per heavy atom. The standard InChI is InChI=1S/C24H35FN7O5P/c1-31-13-11-19(12-14-31)32(2)24-29-22(26-17-7-5-3-4-6-8-17)28-23(30-24)27-18-9-10-21(20(25)15-18)36-16-37-38(33,34)35/h9-11,13,15,17,19H,3-8,12,14,16H2,1-2H3,(H2,33,34,35)(H2,26,27,28,29,30). The Hall–Kier alpha value is -2.99. The van der Waals surface area contributed by atoms with Crippen LogP contribution in [0.2, 0.25) is 0 Å². The van der Waals surface area contributed by atoms with E-state index in [1.54, 1.807) is 6.07 Å². The van der Waals surface area contributed by atoms with E-state index in [0.717, 1.165) is 38.6 Å². The average Bonchev–Trinajstić information content (AvgIpc) is 3.13. The van der Waals surface area contributed by atoms with Crippen LogP contribution >= 0.6 is 7.82 Å². The van der Waals surface area contributed by atoms with Gasteiger partial charge in [0.2, 0.25) is 24.6 Å². The third kappa shape index (κ3) is 8.26. The van der Waals surface area contributed by atoms with Crippen LogP contribution in [0.1, 0.15) is 44.9 Å². The van der Waals surface area contributed by atoms with Crippen LogP contribution in [-0.4, -0.2) is 69.2 Å².